The maximum Gasteiger partial charge on any atom is 0.422 e. The second-order valence-corrected chi connectivity index (χ2v) is 6.83. The summed E-state index contributed by atoms with van der Waals surface area (Å²) in [6.07, 6.45) is -2.87. The molecular formula is C24H17F3N2O3. The number of hydrogen-bond acceptors (Lipinski definition) is 4. The minimum absolute atomic E-state index is 0.00591. The molecule has 162 valence electrons. The van der Waals surface area contributed by atoms with E-state index in [1.165, 1.54) is 18.2 Å². The van der Waals surface area contributed by atoms with E-state index in [0.717, 1.165) is 5.56 Å². The predicted octanol–water partition coefficient (Wildman–Crippen LogP) is 6.20. The number of nitrogens with zero attached hydrogens (tertiary/aromatic N) is 1. The molecule has 0 radical (unpaired) electrons. The summed E-state index contributed by atoms with van der Waals surface area (Å²) in [5, 5.41) is 2.67. The topological polar surface area (TPSA) is 64.4 Å². The van der Waals surface area contributed by atoms with Gasteiger partial charge in [0, 0.05) is 22.9 Å². The van der Waals surface area contributed by atoms with E-state index in [9.17, 15) is 18.0 Å². The van der Waals surface area contributed by atoms with E-state index in [4.69, 9.17) is 9.15 Å². The van der Waals surface area contributed by atoms with Crippen LogP contribution < -0.4 is 10.1 Å². The van der Waals surface area contributed by atoms with Gasteiger partial charge in [-0.15, -0.1) is 0 Å². The number of oxazole rings is 1. The van der Waals surface area contributed by atoms with Crippen molar-refractivity contribution >= 4 is 11.6 Å². The molecule has 0 saturated carbocycles. The second kappa shape index (κ2) is 8.97. The first-order valence-electron chi connectivity index (χ1n) is 9.61. The van der Waals surface area contributed by atoms with Crippen molar-refractivity contribution in [2.75, 3.05) is 11.9 Å². The molecule has 0 aliphatic carbocycles. The Morgan fingerprint density at radius 2 is 1.72 bits per heavy atom. The third-order valence-corrected chi connectivity index (χ3v) is 4.46. The van der Waals surface area contributed by atoms with Gasteiger partial charge in [0.2, 0.25) is 5.89 Å². The van der Waals surface area contributed by atoms with Crippen LogP contribution in [-0.4, -0.2) is 23.7 Å². The molecule has 1 heterocycles. The van der Waals surface area contributed by atoms with Crippen molar-refractivity contribution in [1.29, 1.82) is 0 Å². The number of ether oxygens (including phenoxy) is 1. The molecule has 0 saturated heterocycles. The van der Waals surface area contributed by atoms with Crippen LogP contribution >= 0.6 is 0 Å². The van der Waals surface area contributed by atoms with E-state index in [2.05, 4.69) is 10.3 Å². The number of halogens is 3. The summed E-state index contributed by atoms with van der Waals surface area (Å²) in [6.45, 7) is -1.42. The van der Waals surface area contributed by atoms with Gasteiger partial charge in [-0.05, 0) is 24.3 Å². The maximum absolute atomic E-state index is 12.9. The second-order valence-electron chi connectivity index (χ2n) is 6.83. The largest absolute Gasteiger partial charge is 0.484 e. The van der Waals surface area contributed by atoms with Crippen LogP contribution in [0.3, 0.4) is 0 Å². The molecule has 5 nitrogen and oxygen atoms in total. The fourth-order valence-electron chi connectivity index (χ4n) is 3.03. The van der Waals surface area contributed by atoms with Crippen LogP contribution in [0.1, 0.15) is 10.4 Å². The van der Waals surface area contributed by atoms with Crippen molar-refractivity contribution < 1.29 is 27.1 Å². The minimum atomic E-state index is -4.45. The van der Waals surface area contributed by atoms with Crippen LogP contribution in [0, 0.1) is 0 Å². The van der Waals surface area contributed by atoms with Gasteiger partial charge in [0.15, 0.2) is 12.4 Å². The number of carbonyl (C=O) groups excluding carboxylic acids is 1. The highest BCUT2D eigenvalue weighted by molar-refractivity contribution is 6.08. The molecule has 0 aliphatic rings. The van der Waals surface area contributed by atoms with E-state index in [-0.39, 0.29) is 11.6 Å². The molecule has 0 atom stereocenters. The molecule has 0 unspecified atom stereocenters. The SMILES string of the molecule is O=C(Nc1cccc(OCC(F)(F)F)c1)c1ccccc1-c1ncc(-c2ccccc2)o1. The van der Waals surface area contributed by atoms with Crippen LogP contribution in [0.2, 0.25) is 0 Å². The fourth-order valence-corrected chi connectivity index (χ4v) is 3.03. The number of anilines is 1. The number of carbonyl (C=O) groups is 1. The lowest BCUT2D eigenvalue weighted by molar-refractivity contribution is -0.153. The lowest BCUT2D eigenvalue weighted by Crippen LogP contribution is -2.19. The summed E-state index contributed by atoms with van der Waals surface area (Å²) in [5.41, 5.74) is 1.93. The highest BCUT2D eigenvalue weighted by atomic mass is 19.4. The van der Waals surface area contributed by atoms with E-state index < -0.39 is 18.7 Å². The molecular weight excluding hydrogens is 421 g/mol. The minimum Gasteiger partial charge on any atom is -0.484 e. The summed E-state index contributed by atoms with van der Waals surface area (Å²) in [6, 6.07) is 21.9. The van der Waals surface area contributed by atoms with Crippen molar-refractivity contribution in [2.45, 2.75) is 6.18 Å². The quantitative estimate of drug-likeness (QED) is 0.389. The highest BCUT2D eigenvalue weighted by Gasteiger charge is 2.28. The zero-order valence-corrected chi connectivity index (χ0v) is 16.6. The molecule has 32 heavy (non-hydrogen) atoms. The zero-order valence-electron chi connectivity index (χ0n) is 16.6. The highest BCUT2D eigenvalue weighted by Crippen LogP contribution is 2.29. The first-order valence-corrected chi connectivity index (χ1v) is 9.61. The average molecular weight is 438 g/mol. The molecule has 1 aromatic heterocycles. The lowest BCUT2D eigenvalue weighted by atomic mass is 10.1. The Morgan fingerprint density at radius 3 is 2.50 bits per heavy atom. The number of alkyl halides is 3. The van der Waals surface area contributed by atoms with Crippen LogP contribution in [-0.2, 0) is 0 Å². The fraction of sp³-hybridized carbons (Fsp3) is 0.0833. The normalized spacial score (nSPS) is 11.2. The maximum atomic E-state index is 12.9. The molecule has 4 aromatic rings. The number of benzene rings is 3. The number of aromatic nitrogens is 1. The summed E-state index contributed by atoms with van der Waals surface area (Å²) < 4.78 is 47.7. The molecule has 0 aliphatic heterocycles. The van der Waals surface area contributed by atoms with Gasteiger partial charge >= 0.3 is 6.18 Å². The standard InChI is InChI=1S/C24H17F3N2O3/c25-24(26,27)15-31-18-10-6-9-17(13-18)29-22(30)19-11-4-5-12-20(19)23-28-14-21(32-23)16-7-2-1-3-8-16/h1-14H,15H2,(H,29,30). The van der Waals surface area contributed by atoms with Gasteiger partial charge < -0.3 is 14.5 Å². The zero-order chi connectivity index (χ0) is 22.6. The average Bonchev–Trinajstić information content (AvgIpc) is 3.28. The van der Waals surface area contributed by atoms with Crippen molar-refractivity contribution in [3.8, 4) is 28.5 Å². The molecule has 3 aromatic carbocycles. The summed E-state index contributed by atoms with van der Waals surface area (Å²) in [5.74, 6) is 0.365. The van der Waals surface area contributed by atoms with Gasteiger partial charge in [0.25, 0.3) is 5.91 Å². The van der Waals surface area contributed by atoms with E-state index in [0.29, 0.717) is 22.6 Å². The lowest BCUT2D eigenvalue weighted by Gasteiger charge is -2.11. The Bertz CT molecular complexity index is 1220. The van der Waals surface area contributed by atoms with Crippen molar-refractivity contribution in [3.63, 3.8) is 0 Å². The Labute approximate surface area is 181 Å². The van der Waals surface area contributed by atoms with Crippen molar-refractivity contribution in [3.05, 3.63) is 90.6 Å². The summed E-state index contributed by atoms with van der Waals surface area (Å²) in [4.78, 5) is 17.2. The summed E-state index contributed by atoms with van der Waals surface area (Å²) in [7, 11) is 0. The van der Waals surface area contributed by atoms with Crippen LogP contribution in [0.4, 0.5) is 18.9 Å². The molecule has 0 spiro atoms. The smallest absolute Gasteiger partial charge is 0.422 e. The first kappa shape index (κ1) is 21.2. The van der Waals surface area contributed by atoms with Gasteiger partial charge in [-0.2, -0.15) is 13.2 Å². The third-order valence-electron chi connectivity index (χ3n) is 4.46. The van der Waals surface area contributed by atoms with Gasteiger partial charge in [0.1, 0.15) is 5.75 Å². The predicted molar refractivity (Wildman–Crippen MR) is 113 cm³/mol. The van der Waals surface area contributed by atoms with Gasteiger partial charge in [-0.1, -0.05) is 48.5 Å². The van der Waals surface area contributed by atoms with E-state index in [1.54, 1.807) is 36.5 Å². The van der Waals surface area contributed by atoms with Gasteiger partial charge in [-0.25, -0.2) is 4.98 Å². The number of nitrogens with one attached hydrogen (secondary N) is 1. The molecule has 8 heteroatoms. The summed E-state index contributed by atoms with van der Waals surface area (Å²) >= 11 is 0. The van der Waals surface area contributed by atoms with Crippen LogP contribution in [0.25, 0.3) is 22.8 Å². The van der Waals surface area contributed by atoms with E-state index in [1.807, 2.05) is 30.3 Å². The number of amides is 1. The molecule has 0 fully saturated rings. The van der Waals surface area contributed by atoms with E-state index >= 15 is 0 Å². The molecule has 1 N–H and O–H groups in total. The Kier molecular flexibility index (Phi) is 5.93. The monoisotopic (exact) mass is 438 g/mol. The number of rotatable bonds is 6. The third kappa shape index (κ3) is 5.15. The van der Waals surface area contributed by atoms with Crippen LogP contribution in [0.15, 0.2) is 89.5 Å². The van der Waals surface area contributed by atoms with Gasteiger partial charge in [-0.3, -0.25) is 4.79 Å². The molecule has 0 bridgehead atoms. The van der Waals surface area contributed by atoms with Crippen molar-refractivity contribution in [2.24, 2.45) is 0 Å². The van der Waals surface area contributed by atoms with Crippen LogP contribution in [0.5, 0.6) is 5.75 Å². The van der Waals surface area contributed by atoms with Gasteiger partial charge in [0.05, 0.1) is 11.8 Å². The Balaban J connectivity index is 1.55. The molecule has 4 rings (SSSR count). The molecule has 1 amide bonds. The Morgan fingerprint density at radius 1 is 0.969 bits per heavy atom. The first-order chi connectivity index (χ1) is 15.4. The Hall–Kier alpha value is -4.07. The number of hydrogen-bond donors (Lipinski definition) is 1. The van der Waals surface area contributed by atoms with Crippen molar-refractivity contribution in [1.82, 2.24) is 4.98 Å².